The number of hydrogen-bond donors (Lipinski definition) is 0. The lowest BCUT2D eigenvalue weighted by Gasteiger charge is -1.98. The van der Waals surface area contributed by atoms with E-state index >= 15 is 0 Å². The van der Waals surface area contributed by atoms with Crippen molar-refractivity contribution in [3.05, 3.63) is 0 Å². The topological polar surface area (TPSA) is 26.3 Å². The molecule has 0 aromatic rings. The number of rotatable bonds is 3. The normalized spacial score (nSPS) is 8.67. The van der Waals surface area contributed by atoms with Crippen molar-refractivity contribution in [2.24, 2.45) is 0 Å². The van der Waals surface area contributed by atoms with Crippen molar-refractivity contribution in [1.29, 1.82) is 0 Å². The molecule has 0 spiro atoms. The van der Waals surface area contributed by atoms with E-state index in [-0.39, 0.29) is 12.4 Å². The third-order valence-corrected chi connectivity index (χ3v) is 0.949. The van der Waals surface area contributed by atoms with Crippen LogP contribution < -0.4 is 0 Å². The highest BCUT2D eigenvalue weighted by atomic mass is 32.1. The Morgan fingerprint density at radius 1 is 1.67 bits per heavy atom. The van der Waals surface area contributed by atoms with Gasteiger partial charge in [0.2, 0.25) is 0 Å². The molecule has 0 atom stereocenters. The van der Waals surface area contributed by atoms with Gasteiger partial charge in [-0.25, -0.2) is 0 Å². The van der Waals surface area contributed by atoms with Crippen molar-refractivity contribution in [3.63, 3.8) is 0 Å². The van der Waals surface area contributed by atoms with Gasteiger partial charge in [0.15, 0.2) is 10.8 Å². The molecule has 0 rings (SSSR count). The number of carbonyl (C=O) groups is 1. The van der Waals surface area contributed by atoms with Gasteiger partial charge >= 0.3 is 0 Å². The van der Waals surface area contributed by atoms with E-state index in [0.29, 0.717) is 11.5 Å². The maximum absolute atomic E-state index is 10.5. The zero-order valence-electron chi connectivity index (χ0n) is 5.64. The summed E-state index contributed by atoms with van der Waals surface area (Å²) >= 11 is 4.59. The standard InChI is InChI=1S/C6H10O2S/c1-3-6(7)4-8-5(2)9/h3-4H2,1-2H3. The van der Waals surface area contributed by atoms with Gasteiger partial charge < -0.3 is 4.74 Å². The molecular formula is C6H10O2S. The largest absolute Gasteiger partial charge is 0.480 e. The number of ketones is 1. The highest BCUT2D eigenvalue weighted by molar-refractivity contribution is 7.80. The summed E-state index contributed by atoms with van der Waals surface area (Å²) in [5.41, 5.74) is 0. The average Bonchev–Trinajstić information content (AvgIpc) is 1.83. The Labute approximate surface area is 60.2 Å². The first-order chi connectivity index (χ1) is 4.16. The van der Waals surface area contributed by atoms with Crippen LogP contribution in [0.2, 0.25) is 0 Å². The number of thiocarbonyl (C=S) groups is 1. The SMILES string of the molecule is CCC(=O)COC(C)=S. The fraction of sp³-hybridized carbons (Fsp3) is 0.667. The fourth-order valence-corrected chi connectivity index (χ4v) is 0.343. The molecule has 0 amide bonds. The highest BCUT2D eigenvalue weighted by Gasteiger charge is 1.96. The van der Waals surface area contributed by atoms with Crippen molar-refractivity contribution < 1.29 is 9.53 Å². The van der Waals surface area contributed by atoms with E-state index in [1.807, 2.05) is 0 Å². The predicted molar refractivity (Wildman–Crippen MR) is 39.5 cm³/mol. The molecule has 0 fully saturated rings. The third-order valence-electron chi connectivity index (χ3n) is 0.831. The predicted octanol–water partition coefficient (Wildman–Crippen LogP) is 1.33. The Morgan fingerprint density at radius 2 is 2.22 bits per heavy atom. The van der Waals surface area contributed by atoms with Crippen LogP contribution in [0, 0.1) is 0 Å². The Kier molecular flexibility index (Phi) is 4.22. The van der Waals surface area contributed by atoms with Crippen LogP contribution in [-0.2, 0) is 9.53 Å². The summed E-state index contributed by atoms with van der Waals surface area (Å²) in [5, 5.41) is 0.428. The van der Waals surface area contributed by atoms with Gasteiger partial charge in [-0.1, -0.05) is 6.92 Å². The monoisotopic (exact) mass is 146 g/mol. The number of hydrogen-bond acceptors (Lipinski definition) is 3. The lowest BCUT2D eigenvalue weighted by molar-refractivity contribution is -0.120. The summed E-state index contributed by atoms with van der Waals surface area (Å²) in [4.78, 5) is 10.5. The first-order valence-corrected chi connectivity index (χ1v) is 3.22. The molecule has 0 aliphatic heterocycles. The molecular weight excluding hydrogens is 136 g/mol. The van der Waals surface area contributed by atoms with Crippen molar-refractivity contribution in [2.45, 2.75) is 20.3 Å². The van der Waals surface area contributed by atoms with Gasteiger partial charge in [-0.05, 0) is 12.2 Å². The number of Topliss-reactive ketones (excluding diaryl/α,β-unsaturated/α-hetero) is 1. The second-order valence-electron chi connectivity index (χ2n) is 1.67. The second kappa shape index (κ2) is 4.44. The van der Waals surface area contributed by atoms with E-state index in [0.717, 1.165) is 0 Å². The molecule has 0 radical (unpaired) electrons. The van der Waals surface area contributed by atoms with Crippen LogP contribution in [0.4, 0.5) is 0 Å². The van der Waals surface area contributed by atoms with Crippen LogP contribution in [0.25, 0.3) is 0 Å². The molecule has 9 heavy (non-hydrogen) atoms. The van der Waals surface area contributed by atoms with Gasteiger partial charge in [0.05, 0.1) is 0 Å². The van der Waals surface area contributed by atoms with E-state index in [4.69, 9.17) is 4.74 Å². The van der Waals surface area contributed by atoms with E-state index < -0.39 is 0 Å². The molecule has 3 heteroatoms. The summed E-state index contributed by atoms with van der Waals surface area (Å²) in [6.07, 6.45) is 0.516. The first kappa shape index (κ1) is 8.56. The minimum Gasteiger partial charge on any atom is -0.480 e. The summed E-state index contributed by atoms with van der Waals surface area (Å²) in [6, 6.07) is 0. The molecule has 52 valence electrons. The van der Waals surface area contributed by atoms with Gasteiger partial charge in [0.1, 0.15) is 6.61 Å². The molecule has 0 saturated carbocycles. The quantitative estimate of drug-likeness (QED) is 0.562. The molecule has 0 bridgehead atoms. The Balaban J connectivity index is 3.28. The Bertz CT molecular complexity index is 120. The minimum atomic E-state index is 0.0826. The summed E-state index contributed by atoms with van der Waals surface area (Å²) in [5.74, 6) is 0.0826. The average molecular weight is 146 g/mol. The van der Waals surface area contributed by atoms with Crippen LogP contribution in [0.5, 0.6) is 0 Å². The summed E-state index contributed by atoms with van der Waals surface area (Å²) in [6.45, 7) is 3.58. The Hall–Kier alpha value is -0.440. The molecule has 0 unspecified atom stereocenters. The fourth-order valence-electron chi connectivity index (χ4n) is 0.284. The highest BCUT2D eigenvalue weighted by Crippen LogP contribution is 1.84. The molecule has 0 aromatic heterocycles. The summed E-state index contributed by atoms with van der Waals surface area (Å²) in [7, 11) is 0. The lowest BCUT2D eigenvalue weighted by Crippen LogP contribution is -2.08. The molecule has 0 N–H and O–H groups in total. The number of ether oxygens (including phenoxy) is 1. The maximum atomic E-state index is 10.5. The zero-order chi connectivity index (χ0) is 7.28. The zero-order valence-corrected chi connectivity index (χ0v) is 6.46. The first-order valence-electron chi connectivity index (χ1n) is 2.82. The Morgan fingerprint density at radius 3 is 2.56 bits per heavy atom. The van der Waals surface area contributed by atoms with Gasteiger partial charge in [-0.2, -0.15) is 0 Å². The molecule has 0 aliphatic carbocycles. The van der Waals surface area contributed by atoms with Crippen LogP contribution in [-0.4, -0.2) is 17.4 Å². The van der Waals surface area contributed by atoms with Gasteiger partial charge in [-0.15, -0.1) is 0 Å². The van der Waals surface area contributed by atoms with Crippen molar-refractivity contribution in [3.8, 4) is 0 Å². The van der Waals surface area contributed by atoms with Crippen molar-refractivity contribution in [2.75, 3.05) is 6.61 Å². The molecule has 2 nitrogen and oxygen atoms in total. The lowest BCUT2D eigenvalue weighted by atomic mass is 10.3. The van der Waals surface area contributed by atoms with E-state index in [1.54, 1.807) is 13.8 Å². The maximum Gasteiger partial charge on any atom is 0.169 e. The smallest absolute Gasteiger partial charge is 0.169 e. The van der Waals surface area contributed by atoms with E-state index in [1.165, 1.54) is 0 Å². The third kappa shape index (κ3) is 5.43. The summed E-state index contributed by atoms with van der Waals surface area (Å²) < 4.78 is 4.78. The molecule has 0 aromatic carbocycles. The number of carbonyl (C=O) groups excluding carboxylic acids is 1. The van der Waals surface area contributed by atoms with Gasteiger partial charge in [0.25, 0.3) is 0 Å². The van der Waals surface area contributed by atoms with Gasteiger partial charge in [-0.3, -0.25) is 4.79 Å². The van der Waals surface area contributed by atoms with Crippen molar-refractivity contribution >= 4 is 23.1 Å². The van der Waals surface area contributed by atoms with Crippen LogP contribution in [0.1, 0.15) is 20.3 Å². The van der Waals surface area contributed by atoms with Crippen molar-refractivity contribution in [1.82, 2.24) is 0 Å². The second-order valence-corrected chi connectivity index (χ2v) is 2.25. The van der Waals surface area contributed by atoms with Crippen LogP contribution >= 0.6 is 12.2 Å². The van der Waals surface area contributed by atoms with Gasteiger partial charge in [0, 0.05) is 13.3 Å². The van der Waals surface area contributed by atoms with E-state index in [2.05, 4.69) is 12.2 Å². The molecule has 0 aliphatic rings. The molecule has 0 heterocycles. The van der Waals surface area contributed by atoms with Crippen LogP contribution in [0.3, 0.4) is 0 Å². The van der Waals surface area contributed by atoms with Crippen LogP contribution in [0.15, 0.2) is 0 Å². The molecule has 0 saturated heterocycles. The van der Waals surface area contributed by atoms with E-state index in [9.17, 15) is 4.79 Å². The minimum absolute atomic E-state index is 0.0826.